The molecule has 0 saturated carbocycles. The van der Waals surface area contributed by atoms with Gasteiger partial charge in [0.2, 0.25) is 0 Å². The number of hydrogen-bond donors (Lipinski definition) is 8. The number of nitrogens with two attached hydrogens (primary N) is 2. The van der Waals surface area contributed by atoms with Crippen LogP contribution in [0, 0.1) is 0 Å². The van der Waals surface area contributed by atoms with E-state index in [0.29, 0.717) is 0 Å². The first-order valence-corrected chi connectivity index (χ1v) is 11.5. The largest absolute Gasteiger partial charge is 0.346 e. The lowest BCUT2D eigenvalue weighted by atomic mass is 10.4. The van der Waals surface area contributed by atoms with Gasteiger partial charge in [0, 0.05) is 10.6 Å². The summed E-state index contributed by atoms with van der Waals surface area (Å²) in [5.74, 6) is 9.93. The monoisotopic (exact) mass is 504 g/mol. The molecule has 0 saturated heterocycles. The van der Waals surface area contributed by atoms with Crippen molar-refractivity contribution < 1.29 is 31.4 Å². The molecule has 0 aromatic heterocycles. The lowest BCUT2D eigenvalue weighted by Gasteiger charge is -2.28. The Bertz CT molecular complexity index is 1060. The Morgan fingerprint density at radius 3 is 1.30 bits per heavy atom. The number of urea groups is 2. The molecule has 0 aliphatic carbocycles. The number of carbonyl (C=O) groups is 2. The van der Waals surface area contributed by atoms with Crippen molar-refractivity contribution >= 4 is 32.1 Å². The summed E-state index contributed by atoms with van der Waals surface area (Å²) in [5.41, 5.74) is 6.89. The average Bonchev–Trinajstić information content (AvgIpc) is 2.79. The third kappa shape index (κ3) is 7.90. The number of hydrogen-bond acceptors (Lipinski definition) is 11. The van der Waals surface area contributed by atoms with E-state index in [2.05, 4.69) is 0 Å². The third-order valence-corrected chi connectivity index (χ3v) is 5.94. The minimum Gasteiger partial charge on any atom is -0.275 e. The maximum absolute atomic E-state index is 12.6. The number of amides is 4. The molecule has 0 unspecified atom stereocenters. The molecule has 0 heterocycles. The Labute approximate surface area is 187 Å². The third-order valence-electron chi connectivity index (χ3n) is 3.34. The molecular formula is C14H20N10O7S2. The Morgan fingerprint density at radius 2 is 1.00 bits per heavy atom. The van der Waals surface area contributed by atoms with Gasteiger partial charge in [0.05, 0.1) is 9.79 Å². The molecule has 0 bridgehead atoms. The van der Waals surface area contributed by atoms with Crippen molar-refractivity contribution in [2.75, 3.05) is 0 Å². The number of benzene rings is 2. The summed E-state index contributed by atoms with van der Waals surface area (Å²) >= 11 is 0. The second kappa shape index (κ2) is 11.5. The fraction of sp³-hybridized carbons (Fsp3) is 0. The zero-order chi connectivity index (χ0) is 24.5. The Hall–Kier alpha value is -3.40. The maximum atomic E-state index is 12.6. The van der Waals surface area contributed by atoms with Crippen LogP contribution in [0.5, 0.6) is 0 Å². The van der Waals surface area contributed by atoms with Crippen LogP contribution in [-0.2, 0) is 25.0 Å². The van der Waals surface area contributed by atoms with E-state index in [9.17, 15) is 26.4 Å². The predicted molar refractivity (Wildman–Crippen MR) is 110 cm³/mol. The Balaban J connectivity index is 2.31. The van der Waals surface area contributed by atoms with Crippen LogP contribution >= 0.6 is 0 Å². The molecule has 180 valence electrons. The molecule has 2 aromatic rings. The van der Waals surface area contributed by atoms with E-state index in [1.807, 2.05) is 0 Å². The van der Waals surface area contributed by atoms with Crippen LogP contribution in [0.4, 0.5) is 9.59 Å². The molecule has 0 aliphatic heterocycles. The predicted octanol–water partition coefficient (Wildman–Crippen LogP) is -2.60. The molecule has 19 heteroatoms. The number of hydrazine groups is 6. The van der Waals surface area contributed by atoms with Crippen molar-refractivity contribution in [3.05, 3.63) is 60.7 Å². The van der Waals surface area contributed by atoms with Crippen LogP contribution in [0.1, 0.15) is 0 Å². The summed E-state index contributed by atoms with van der Waals surface area (Å²) in [6, 6.07) is 11.3. The molecule has 10 N–H and O–H groups in total. The first-order chi connectivity index (χ1) is 15.6. The normalized spacial score (nSPS) is 11.8. The van der Waals surface area contributed by atoms with Gasteiger partial charge in [-0.05, 0) is 24.3 Å². The number of carbonyl (C=O) groups excluding carboxylic acids is 2. The molecule has 0 fully saturated rings. The van der Waals surface area contributed by atoms with E-state index in [1.54, 1.807) is 43.5 Å². The average molecular weight is 505 g/mol. The van der Waals surface area contributed by atoms with E-state index in [-0.39, 0.29) is 20.4 Å². The van der Waals surface area contributed by atoms with Crippen molar-refractivity contribution in [3.8, 4) is 0 Å². The first kappa shape index (κ1) is 25.9. The van der Waals surface area contributed by atoms with Gasteiger partial charge in [-0.3, -0.25) is 10.9 Å². The van der Waals surface area contributed by atoms with Crippen LogP contribution in [0.2, 0.25) is 0 Å². The van der Waals surface area contributed by atoms with Gasteiger partial charge in [-0.1, -0.05) is 46.1 Å². The molecule has 17 nitrogen and oxygen atoms in total. The van der Waals surface area contributed by atoms with E-state index < -0.39 is 32.1 Å². The Morgan fingerprint density at radius 1 is 0.667 bits per heavy atom. The molecular weight excluding hydrogens is 484 g/mol. The van der Waals surface area contributed by atoms with Crippen LogP contribution in [0.15, 0.2) is 70.5 Å². The number of nitrogens with one attached hydrogen (secondary N) is 6. The summed E-state index contributed by atoms with van der Waals surface area (Å²) < 4.78 is 50.3. The van der Waals surface area contributed by atoms with Crippen LogP contribution in [0.3, 0.4) is 0 Å². The molecule has 0 atom stereocenters. The van der Waals surface area contributed by atoms with Crippen LogP contribution in [-0.4, -0.2) is 39.5 Å². The quantitative estimate of drug-likeness (QED) is 0.0947. The van der Waals surface area contributed by atoms with E-state index >= 15 is 0 Å². The van der Waals surface area contributed by atoms with E-state index in [1.165, 1.54) is 48.5 Å². The van der Waals surface area contributed by atoms with E-state index in [0.717, 1.165) is 0 Å². The summed E-state index contributed by atoms with van der Waals surface area (Å²) in [6.07, 6.45) is 0. The first-order valence-electron chi connectivity index (χ1n) is 8.55. The van der Waals surface area contributed by atoms with Gasteiger partial charge < -0.3 is 0 Å². The van der Waals surface area contributed by atoms with Crippen molar-refractivity contribution in [1.29, 1.82) is 0 Å². The number of sulfonamides is 2. The molecule has 4 amide bonds. The van der Waals surface area contributed by atoms with Gasteiger partial charge in [0.1, 0.15) is 0 Å². The standard InChI is InChI=1S/C14H20N10O7S2/c15-17-13(25)19-23(21-32(27,28)11-7-3-1-4-8-11)31-24(20-14(26)18-16)22-33(29,30)12-9-5-2-6-10-12/h1-10,21-22H,15-16H2,(H2,17,19,25)(H2,18,20,26). The van der Waals surface area contributed by atoms with Gasteiger partial charge >= 0.3 is 12.1 Å². The van der Waals surface area contributed by atoms with Gasteiger partial charge in [-0.15, -0.1) is 4.94 Å². The van der Waals surface area contributed by atoms with Crippen molar-refractivity contribution in [2.24, 2.45) is 11.7 Å². The van der Waals surface area contributed by atoms with Crippen LogP contribution in [0.25, 0.3) is 0 Å². The highest BCUT2D eigenvalue weighted by atomic mass is 32.2. The lowest BCUT2D eigenvalue weighted by Crippen LogP contribution is -2.64. The fourth-order valence-electron chi connectivity index (χ4n) is 1.97. The maximum Gasteiger partial charge on any atom is 0.346 e. The minimum absolute atomic E-state index is 0.0365. The Kier molecular flexibility index (Phi) is 8.98. The lowest BCUT2D eigenvalue weighted by molar-refractivity contribution is -0.376. The number of rotatable bonds is 10. The smallest absolute Gasteiger partial charge is 0.275 e. The molecule has 2 rings (SSSR count). The van der Waals surface area contributed by atoms with Gasteiger partial charge in [-0.2, -0.15) is 0 Å². The van der Waals surface area contributed by atoms with E-state index in [4.69, 9.17) is 16.6 Å². The molecule has 0 spiro atoms. The van der Waals surface area contributed by atoms with Crippen molar-refractivity contribution in [2.45, 2.75) is 9.79 Å². The fourth-order valence-corrected chi connectivity index (χ4v) is 3.81. The highest BCUT2D eigenvalue weighted by molar-refractivity contribution is 7.89. The summed E-state index contributed by atoms with van der Waals surface area (Å²) in [5, 5.41) is 0.0731. The molecule has 0 aliphatic rings. The van der Waals surface area contributed by atoms with Crippen molar-refractivity contribution in [1.82, 2.24) is 41.9 Å². The van der Waals surface area contributed by atoms with Crippen molar-refractivity contribution in [3.63, 3.8) is 0 Å². The SMILES string of the molecule is NNC(=O)NN(NS(=O)(=O)c1ccccc1)ON(NC(=O)NN)NS(=O)(=O)c1ccccc1. The highest BCUT2D eigenvalue weighted by Crippen LogP contribution is 2.09. The molecule has 0 radical (unpaired) electrons. The zero-order valence-corrected chi connectivity index (χ0v) is 18.1. The van der Waals surface area contributed by atoms with Crippen LogP contribution < -0.4 is 43.1 Å². The van der Waals surface area contributed by atoms with Gasteiger partial charge in [0.15, 0.2) is 0 Å². The van der Waals surface area contributed by atoms with Gasteiger partial charge in [-0.25, -0.2) is 49.0 Å². The second-order valence-electron chi connectivity index (χ2n) is 5.66. The number of nitrogens with zero attached hydrogens (tertiary/aromatic N) is 2. The second-order valence-corrected chi connectivity index (χ2v) is 8.98. The summed E-state index contributed by atoms with van der Waals surface area (Å²) in [4.78, 5) is 31.3. The highest BCUT2D eigenvalue weighted by Gasteiger charge is 2.27. The zero-order valence-electron chi connectivity index (χ0n) is 16.5. The summed E-state index contributed by atoms with van der Waals surface area (Å²) in [6.45, 7) is 0. The topological polar surface area (TPSA) is 242 Å². The molecule has 2 aromatic carbocycles. The molecule has 33 heavy (non-hydrogen) atoms. The van der Waals surface area contributed by atoms with Gasteiger partial charge in [0.25, 0.3) is 20.0 Å². The minimum atomic E-state index is -4.38. The summed E-state index contributed by atoms with van der Waals surface area (Å²) in [7, 11) is -8.76.